The van der Waals surface area contributed by atoms with Gasteiger partial charge in [0.2, 0.25) is 0 Å². The summed E-state index contributed by atoms with van der Waals surface area (Å²) in [5, 5.41) is 4.63. The van der Waals surface area contributed by atoms with Crippen molar-refractivity contribution in [1.82, 2.24) is 9.78 Å². The highest BCUT2D eigenvalue weighted by molar-refractivity contribution is 9.10. The van der Waals surface area contributed by atoms with Gasteiger partial charge in [0.15, 0.2) is 5.78 Å². The smallest absolute Gasteiger partial charge is 0.189 e. The Bertz CT molecular complexity index is 1080. The maximum atomic E-state index is 12.4. The van der Waals surface area contributed by atoms with E-state index in [-0.39, 0.29) is 12.4 Å². The SMILES string of the molecule is COc1ccc(/C=C/C(=O)c2cnn(C)c2C)cc1COc1ccc(Br)cc1Cl. The molecular weight excluding hydrogens is 456 g/mol. The zero-order valence-electron chi connectivity index (χ0n) is 16.3. The van der Waals surface area contributed by atoms with Crippen molar-refractivity contribution in [2.75, 3.05) is 7.11 Å². The van der Waals surface area contributed by atoms with Gasteiger partial charge in [-0.25, -0.2) is 0 Å². The van der Waals surface area contributed by atoms with E-state index in [9.17, 15) is 4.79 Å². The molecule has 1 aromatic heterocycles. The summed E-state index contributed by atoms with van der Waals surface area (Å²) in [5.41, 5.74) is 3.13. The summed E-state index contributed by atoms with van der Waals surface area (Å²) in [6.45, 7) is 2.14. The zero-order valence-corrected chi connectivity index (χ0v) is 18.6. The van der Waals surface area contributed by atoms with Crippen molar-refractivity contribution in [1.29, 1.82) is 0 Å². The molecule has 0 unspecified atom stereocenters. The van der Waals surface area contributed by atoms with E-state index in [0.29, 0.717) is 22.1 Å². The second-order valence-corrected chi connectivity index (χ2v) is 7.72. The van der Waals surface area contributed by atoms with Gasteiger partial charge in [-0.1, -0.05) is 39.7 Å². The van der Waals surface area contributed by atoms with Crippen LogP contribution in [0.15, 0.2) is 53.1 Å². The van der Waals surface area contributed by atoms with E-state index in [1.165, 1.54) is 0 Å². The molecule has 0 N–H and O–H groups in total. The van der Waals surface area contributed by atoms with Crippen molar-refractivity contribution in [3.05, 3.63) is 80.6 Å². The van der Waals surface area contributed by atoms with Crippen molar-refractivity contribution in [3.63, 3.8) is 0 Å². The van der Waals surface area contributed by atoms with E-state index in [1.807, 2.05) is 38.2 Å². The van der Waals surface area contributed by atoms with Gasteiger partial charge in [0.1, 0.15) is 18.1 Å². The largest absolute Gasteiger partial charge is 0.496 e. The molecule has 0 bridgehead atoms. The van der Waals surface area contributed by atoms with Crippen molar-refractivity contribution >= 4 is 39.4 Å². The maximum Gasteiger partial charge on any atom is 0.189 e. The van der Waals surface area contributed by atoms with E-state index in [0.717, 1.165) is 21.3 Å². The predicted octanol–water partition coefficient (Wildman–Crippen LogP) is 5.63. The van der Waals surface area contributed by atoms with E-state index >= 15 is 0 Å². The normalized spacial score (nSPS) is 11.1. The Balaban J connectivity index is 1.77. The van der Waals surface area contributed by atoms with Crippen LogP contribution in [0.1, 0.15) is 27.2 Å². The predicted molar refractivity (Wildman–Crippen MR) is 118 cm³/mol. The molecule has 0 amide bonds. The lowest BCUT2D eigenvalue weighted by Crippen LogP contribution is -2.00. The minimum atomic E-state index is -0.0918. The van der Waals surface area contributed by atoms with E-state index in [2.05, 4.69) is 21.0 Å². The van der Waals surface area contributed by atoms with Gasteiger partial charge in [-0.05, 0) is 48.9 Å². The number of aromatic nitrogens is 2. The fraction of sp³-hybridized carbons (Fsp3) is 0.182. The number of methoxy groups -OCH3 is 1. The van der Waals surface area contributed by atoms with Gasteiger partial charge >= 0.3 is 0 Å². The number of hydrogen-bond donors (Lipinski definition) is 0. The summed E-state index contributed by atoms with van der Waals surface area (Å²) in [6, 6.07) is 11.1. The summed E-state index contributed by atoms with van der Waals surface area (Å²) in [5.74, 6) is 1.19. The third-order valence-corrected chi connectivity index (χ3v) is 5.30. The van der Waals surface area contributed by atoms with E-state index in [4.69, 9.17) is 21.1 Å². The number of halogens is 2. The fourth-order valence-electron chi connectivity index (χ4n) is 2.77. The number of hydrogen-bond acceptors (Lipinski definition) is 4. The van der Waals surface area contributed by atoms with Crippen LogP contribution in [0.5, 0.6) is 11.5 Å². The molecule has 0 fully saturated rings. The molecule has 0 aliphatic rings. The average molecular weight is 476 g/mol. The average Bonchev–Trinajstić information content (AvgIpc) is 3.04. The quantitative estimate of drug-likeness (QED) is 0.328. The van der Waals surface area contributed by atoms with Crippen LogP contribution in [0.2, 0.25) is 5.02 Å². The minimum Gasteiger partial charge on any atom is -0.496 e. The van der Waals surface area contributed by atoms with Gasteiger partial charge in [-0.2, -0.15) is 5.10 Å². The lowest BCUT2D eigenvalue weighted by molar-refractivity contribution is 0.104. The summed E-state index contributed by atoms with van der Waals surface area (Å²) >= 11 is 9.59. The standard InChI is InChI=1S/C22H20BrClN2O3/c1-14-18(12-25-26(14)2)20(27)7-4-15-5-8-21(28-3)16(10-15)13-29-22-9-6-17(23)11-19(22)24/h4-12H,13H2,1-3H3/b7-4+. The molecule has 0 saturated carbocycles. The molecule has 5 nitrogen and oxygen atoms in total. The van der Waals surface area contributed by atoms with Crippen LogP contribution >= 0.6 is 27.5 Å². The highest BCUT2D eigenvalue weighted by Crippen LogP contribution is 2.30. The molecule has 7 heteroatoms. The third kappa shape index (κ3) is 5.08. The van der Waals surface area contributed by atoms with Crippen molar-refractivity contribution in [2.24, 2.45) is 7.05 Å². The molecule has 0 aliphatic carbocycles. The second kappa shape index (κ2) is 9.29. The summed E-state index contributed by atoms with van der Waals surface area (Å²) < 4.78 is 13.8. The molecule has 0 atom stereocenters. The van der Waals surface area contributed by atoms with Crippen LogP contribution in [-0.2, 0) is 13.7 Å². The Morgan fingerprint density at radius 1 is 1.24 bits per heavy atom. The molecule has 1 heterocycles. The van der Waals surface area contributed by atoms with Crippen molar-refractivity contribution < 1.29 is 14.3 Å². The Kier molecular flexibility index (Phi) is 6.77. The number of nitrogens with zero attached hydrogens (tertiary/aromatic N) is 2. The Labute approximate surface area is 183 Å². The fourth-order valence-corrected chi connectivity index (χ4v) is 3.49. The second-order valence-electron chi connectivity index (χ2n) is 6.40. The van der Waals surface area contributed by atoms with Gasteiger partial charge in [0.25, 0.3) is 0 Å². The molecule has 0 spiro atoms. The molecule has 0 aliphatic heterocycles. The number of benzene rings is 2. The van der Waals surface area contributed by atoms with Crippen LogP contribution in [0.25, 0.3) is 6.08 Å². The zero-order chi connectivity index (χ0) is 21.0. The number of carbonyl (C=O) groups is 1. The molecule has 29 heavy (non-hydrogen) atoms. The number of allylic oxidation sites excluding steroid dienone is 1. The number of aryl methyl sites for hydroxylation is 1. The molecule has 3 rings (SSSR count). The van der Waals surface area contributed by atoms with Crippen LogP contribution in [0.3, 0.4) is 0 Å². The topological polar surface area (TPSA) is 53.3 Å². The van der Waals surface area contributed by atoms with Gasteiger partial charge in [-0.15, -0.1) is 0 Å². The van der Waals surface area contributed by atoms with Gasteiger partial charge in [0.05, 0.1) is 23.9 Å². The van der Waals surface area contributed by atoms with Gasteiger partial charge in [0, 0.05) is 22.8 Å². The van der Waals surface area contributed by atoms with E-state index in [1.54, 1.807) is 42.3 Å². The highest BCUT2D eigenvalue weighted by Gasteiger charge is 2.11. The van der Waals surface area contributed by atoms with Crippen LogP contribution in [-0.4, -0.2) is 22.7 Å². The molecule has 150 valence electrons. The number of carbonyl (C=O) groups excluding carboxylic acids is 1. The summed E-state index contributed by atoms with van der Waals surface area (Å²) in [4.78, 5) is 12.4. The minimum absolute atomic E-state index is 0.0918. The molecular formula is C22H20BrClN2O3. The number of rotatable bonds is 7. The lowest BCUT2D eigenvalue weighted by Gasteiger charge is -2.12. The van der Waals surface area contributed by atoms with Crippen molar-refractivity contribution in [2.45, 2.75) is 13.5 Å². The van der Waals surface area contributed by atoms with Crippen LogP contribution in [0.4, 0.5) is 0 Å². The first-order valence-electron chi connectivity index (χ1n) is 8.85. The molecule has 0 radical (unpaired) electrons. The Morgan fingerprint density at radius 2 is 2.00 bits per heavy atom. The Hall–Kier alpha value is -2.57. The first-order chi connectivity index (χ1) is 13.9. The molecule has 0 saturated heterocycles. The van der Waals surface area contributed by atoms with Crippen LogP contribution < -0.4 is 9.47 Å². The first-order valence-corrected chi connectivity index (χ1v) is 10.0. The summed E-state index contributed by atoms with van der Waals surface area (Å²) in [7, 11) is 3.42. The Morgan fingerprint density at radius 3 is 2.66 bits per heavy atom. The van der Waals surface area contributed by atoms with Gasteiger partial charge < -0.3 is 9.47 Å². The molecule has 3 aromatic rings. The van der Waals surface area contributed by atoms with E-state index < -0.39 is 0 Å². The number of ether oxygens (including phenoxy) is 2. The first kappa shape index (κ1) is 21.1. The third-order valence-electron chi connectivity index (χ3n) is 4.51. The highest BCUT2D eigenvalue weighted by atomic mass is 79.9. The molecule has 2 aromatic carbocycles. The van der Waals surface area contributed by atoms with Crippen molar-refractivity contribution in [3.8, 4) is 11.5 Å². The monoisotopic (exact) mass is 474 g/mol. The van der Waals surface area contributed by atoms with Gasteiger partial charge in [-0.3, -0.25) is 9.48 Å². The summed E-state index contributed by atoms with van der Waals surface area (Å²) in [6.07, 6.45) is 4.89. The maximum absolute atomic E-state index is 12.4. The number of ketones is 1. The van der Waals surface area contributed by atoms with Crippen LogP contribution in [0, 0.1) is 6.92 Å². The lowest BCUT2D eigenvalue weighted by atomic mass is 10.1.